The van der Waals surface area contributed by atoms with Gasteiger partial charge in [0.05, 0.1) is 29.9 Å². The van der Waals surface area contributed by atoms with Gasteiger partial charge in [0.15, 0.2) is 11.5 Å². The largest absolute Gasteiger partial charge is 0.493 e. The minimum atomic E-state index is -4.62. The van der Waals surface area contributed by atoms with Gasteiger partial charge in [-0.1, -0.05) is 10.4 Å². The van der Waals surface area contributed by atoms with Crippen molar-refractivity contribution in [3.05, 3.63) is 47.7 Å². The number of nitriles is 1. The van der Waals surface area contributed by atoms with E-state index >= 15 is 0 Å². The van der Waals surface area contributed by atoms with Crippen molar-refractivity contribution in [1.82, 2.24) is 35.0 Å². The second-order valence-corrected chi connectivity index (χ2v) is 8.96. The number of halogens is 3. The highest BCUT2D eigenvalue weighted by Crippen LogP contribution is 2.39. The maximum atomic E-state index is 13.9. The summed E-state index contributed by atoms with van der Waals surface area (Å²) in [5.74, 6) is 0.776. The summed E-state index contributed by atoms with van der Waals surface area (Å²) in [5.41, 5.74) is 0.345. The van der Waals surface area contributed by atoms with Gasteiger partial charge in [-0.3, -0.25) is 4.90 Å². The Morgan fingerprint density at radius 1 is 1.22 bits per heavy atom. The molecule has 192 valence electrons. The average Bonchev–Trinajstić information content (AvgIpc) is 3.54. The molecule has 13 heteroatoms. The van der Waals surface area contributed by atoms with Crippen LogP contribution in [-0.4, -0.2) is 54.7 Å². The quantitative estimate of drug-likeness (QED) is 0.362. The number of pyridine rings is 1. The molecule has 0 bridgehead atoms. The van der Waals surface area contributed by atoms with E-state index in [2.05, 4.69) is 30.3 Å². The molecule has 10 nitrogen and oxygen atoms in total. The molecule has 4 heterocycles. The molecule has 1 aliphatic rings. The maximum Gasteiger partial charge on any atom is 0.419 e. The Kier molecular flexibility index (Phi) is 6.75. The lowest BCUT2D eigenvalue weighted by Crippen LogP contribution is -2.34. The number of aryl methyl sites for hydroxylation is 1. The fourth-order valence-corrected chi connectivity index (χ4v) is 4.52. The first-order valence-electron chi connectivity index (χ1n) is 11.7. The van der Waals surface area contributed by atoms with Gasteiger partial charge < -0.3 is 9.26 Å². The van der Waals surface area contributed by atoms with Crippen LogP contribution >= 0.6 is 0 Å². The van der Waals surface area contributed by atoms with Crippen molar-refractivity contribution in [1.29, 1.82) is 5.26 Å². The summed E-state index contributed by atoms with van der Waals surface area (Å²) < 4.78 is 53.6. The van der Waals surface area contributed by atoms with Crippen molar-refractivity contribution in [2.24, 2.45) is 13.0 Å². The van der Waals surface area contributed by atoms with E-state index in [9.17, 15) is 18.4 Å². The van der Waals surface area contributed by atoms with Gasteiger partial charge in [0.2, 0.25) is 6.39 Å². The van der Waals surface area contributed by atoms with Crippen LogP contribution in [0.1, 0.15) is 36.3 Å². The normalized spacial score (nSPS) is 15.2. The number of ether oxygens (including phenoxy) is 1. The highest BCUT2D eigenvalue weighted by molar-refractivity contribution is 5.83. The second kappa shape index (κ2) is 10.1. The molecule has 0 unspecified atom stereocenters. The van der Waals surface area contributed by atoms with Crippen molar-refractivity contribution in [2.75, 3.05) is 19.7 Å². The molecular weight excluding hydrogens is 489 g/mol. The lowest BCUT2D eigenvalue weighted by molar-refractivity contribution is -0.138. The number of aromatic nitrogens is 6. The fourth-order valence-electron chi connectivity index (χ4n) is 4.52. The third-order valence-electron chi connectivity index (χ3n) is 6.55. The van der Waals surface area contributed by atoms with E-state index in [-0.39, 0.29) is 29.3 Å². The topological polar surface area (TPSA) is 119 Å². The summed E-state index contributed by atoms with van der Waals surface area (Å²) >= 11 is 0. The predicted molar refractivity (Wildman–Crippen MR) is 124 cm³/mol. The van der Waals surface area contributed by atoms with E-state index in [1.54, 1.807) is 13.1 Å². The van der Waals surface area contributed by atoms with Crippen molar-refractivity contribution >= 4 is 11.0 Å². The van der Waals surface area contributed by atoms with E-state index < -0.39 is 11.7 Å². The molecule has 1 aromatic carbocycles. The Balaban J connectivity index is 1.26. The molecule has 0 spiro atoms. The van der Waals surface area contributed by atoms with Crippen LogP contribution in [0.2, 0.25) is 0 Å². The molecule has 1 aliphatic heterocycles. The molecule has 0 amide bonds. The summed E-state index contributed by atoms with van der Waals surface area (Å²) in [6, 6.07) is 7.33. The van der Waals surface area contributed by atoms with Crippen LogP contribution in [0.25, 0.3) is 22.3 Å². The molecule has 37 heavy (non-hydrogen) atoms. The van der Waals surface area contributed by atoms with Gasteiger partial charge in [-0.2, -0.15) is 23.4 Å². The van der Waals surface area contributed by atoms with Crippen LogP contribution < -0.4 is 4.74 Å². The smallest absolute Gasteiger partial charge is 0.419 e. The predicted octanol–water partition coefficient (Wildman–Crippen LogP) is 3.98. The molecule has 0 N–H and O–H groups in total. The Bertz CT molecular complexity index is 1420. The van der Waals surface area contributed by atoms with Crippen LogP contribution in [0.3, 0.4) is 0 Å². The lowest BCUT2D eigenvalue weighted by atomic mass is 9.94. The monoisotopic (exact) mass is 512 g/mol. The summed E-state index contributed by atoms with van der Waals surface area (Å²) in [6.07, 6.45) is -0.818. The SMILES string of the molecule is Cn1nnc2c(C#N)nc(-c3ccc(OCCC4CCN(Cc5ncon5)CC4)c(C(F)(F)F)c3)cc21. The number of likely N-dealkylation sites (tertiary alicyclic amines) is 1. The number of nitrogens with zero attached hydrogens (tertiary/aromatic N) is 8. The molecule has 0 atom stereocenters. The maximum absolute atomic E-state index is 13.9. The Morgan fingerprint density at radius 2 is 2.03 bits per heavy atom. The van der Waals surface area contributed by atoms with Crippen molar-refractivity contribution in [3.63, 3.8) is 0 Å². The molecule has 0 radical (unpaired) electrons. The molecular formula is C24H23F3N8O2. The summed E-state index contributed by atoms with van der Waals surface area (Å²) in [4.78, 5) is 10.5. The first-order chi connectivity index (χ1) is 17.8. The minimum Gasteiger partial charge on any atom is -0.493 e. The van der Waals surface area contributed by atoms with Gasteiger partial charge in [-0.05, 0) is 62.5 Å². The number of rotatable bonds is 7. The van der Waals surface area contributed by atoms with Crippen LogP contribution in [0, 0.1) is 17.2 Å². The molecule has 1 saturated heterocycles. The summed E-state index contributed by atoms with van der Waals surface area (Å²) in [5, 5.41) is 21.0. The lowest BCUT2D eigenvalue weighted by Gasteiger charge is -2.31. The van der Waals surface area contributed by atoms with Crippen molar-refractivity contribution < 1.29 is 22.4 Å². The summed E-state index contributed by atoms with van der Waals surface area (Å²) in [7, 11) is 1.64. The Labute approximate surface area is 209 Å². The first-order valence-corrected chi connectivity index (χ1v) is 11.7. The van der Waals surface area contributed by atoms with Gasteiger partial charge in [0.1, 0.15) is 17.3 Å². The Morgan fingerprint density at radius 3 is 2.73 bits per heavy atom. The van der Waals surface area contributed by atoms with E-state index in [0.29, 0.717) is 35.7 Å². The molecule has 3 aromatic heterocycles. The molecule has 5 rings (SSSR count). The number of hydrogen-bond acceptors (Lipinski definition) is 9. The van der Waals surface area contributed by atoms with E-state index in [1.165, 1.54) is 23.2 Å². The van der Waals surface area contributed by atoms with Gasteiger partial charge in [-0.15, -0.1) is 5.10 Å². The highest BCUT2D eigenvalue weighted by atomic mass is 19.4. The zero-order chi connectivity index (χ0) is 26.0. The molecule has 0 aliphatic carbocycles. The van der Waals surface area contributed by atoms with Gasteiger partial charge in [-0.25, -0.2) is 9.67 Å². The van der Waals surface area contributed by atoms with E-state index in [4.69, 9.17) is 9.26 Å². The van der Waals surface area contributed by atoms with Gasteiger partial charge in [0.25, 0.3) is 0 Å². The number of hydrogen-bond donors (Lipinski definition) is 0. The number of alkyl halides is 3. The Hall–Kier alpha value is -4.05. The van der Waals surface area contributed by atoms with Crippen molar-refractivity contribution in [3.8, 4) is 23.1 Å². The third-order valence-corrected chi connectivity index (χ3v) is 6.55. The van der Waals surface area contributed by atoms with Crippen LogP contribution in [-0.2, 0) is 19.8 Å². The number of piperidine rings is 1. The summed E-state index contributed by atoms with van der Waals surface area (Å²) in [6.45, 7) is 2.52. The minimum absolute atomic E-state index is 0.00201. The van der Waals surface area contributed by atoms with Crippen LogP contribution in [0.15, 0.2) is 35.2 Å². The molecule has 4 aromatic rings. The molecule has 0 saturated carbocycles. The van der Waals surface area contributed by atoms with E-state index in [1.807, 2.05) is 6.07 Å². The van der Waals surface area contributed by atoms with Gasteiger partial charge >= 0.3 is 6.18 Å². The first kappa shape index (κ1) is 24.6. The zero-order valence-electron chi connectivity index (χ0n) is 19.9. The molecule has 1 fully saturated rings. The van der Waals surface area contributed by atoms with Crippen molar-refractivity contribution in [2.45, 2.75) is 32.0 Å². The van der Waals surface area contributed by atoms with E-state index in [0.717, 1.165) is 32.0 Å². The fraction of sp³-hybridized carbons (Fsp3) is 0.417. The highest BCUT2D eigenvalue weighted by Gasteiger charge is 2.35. The van der Waals surface area contributed by atoms with Crippen LogP contribution in [0.5, 0.6) is 5.75 Å². The number of fused-ring (bicyclic) bond motifs is 1. The second-order valence-electron chi connectivity index (χ2n) is 8.96. The zero-order valence-corrected chi connectivity index (χ0v) is 19.9. The standard InChI is InChI=1S/C24H23F3N8O2/c1-34-20-11-18(30-19(12-28)23(20)31-33-34)16-2-3-21(17(10-16)24(25,26)27)36-9-6-15-4-7-35(8-5-15)13-22-29-14-37-32-22/h2-3,10-11,14-15H,4-9,13H2,1H3. The average molecular weight is 512 g/mol. The van der Waals surface area contributed by atoms with Crippen LogP contribution in [0.4, 0.5) is 13.2 Å². The number of benzene rings is 1. The van der Waals surface area contributed by atoms with Gasteiger partial charge in [0, 0.05) is 12.6 Å². The third kappa shape index (κ3) is 5.39.